The van der Waals surface area contributed by atoms with E-state index in [0.717, 1.165) is 34.7 Å². The summed E-state index contributed by atoms with van der Waals surface area (Å²) >= 11 is 0. The highest BCUT2D eigenvalue weighted by Gasteiger charge is 2.26. The van der Waals surface area contributed by atoms with Gasteiger partial charge in [0.1, 0.15) is 10.9 Å². The molecule has 0 aliphatic carbocycles. The first kappa shape index (κ1) is 19.2. The highest BCUT2D eigenvalue weighted by Crippen LogP contribution is 2.32. The summed E-state index contributed by atoms with van der Waals surface area (Å²) in [5.41, 5.74) is 16.6. The molecule has 1 amide bonds. The lowest BCUT2D eigenvalue weighted by Crippen LogP contribution is -2.35. The summed E-state index contributed by atoms with van der Waals surface area (Å²) in [6.45, 7) is 5.34. The molecule has 0 unspecified atom stereocenters. The van der Waals surface area contributed by atoms with Gasteiger partial charge in [-0.25, -0.2) is 9.97 Å². The molecule has 0 atom stereocenters. The fraction of sp³-hybridized carbons (Fsp3) is 0.200. The van der Waals surface area contributed by atoms with Crippen molar-refractivity contribution in [2.75, 3.05) is 11.9 Å². The molecule has 10 heteroatoms. The fourth-order valence-electron chi connectivity index (χ4n) is 3.74. The monoisotopic (exact) mass is 404 g/mol. The molecule has 4 rings (SSSR count). The maximum absolute atomic E-state index is 12.3. The summed E-state index contributed by atoms with van der Waals surface area (Å²) in [5, 5.41) is 12.9. The molecular weight excluding hydrogens is 382 g/mol. The van der Waals surface area contributed by atoms with Gasteiger partial charge in [0.05, 0.1) is 10.8 Å². The topological polar surface area (TPSA) is 148 Å². The summed E-state index contributed by atoms with van der Waals surface area (Å²) in [5.74, 6) is 0.632. The number of hydrogen-bond donors (Lipinski definition) is 4. The van der Waals surface area contributed by atoms with Crippen LogP contribution in [0.5, 0.6) is 0 Å². The molecule has 0 saturated heterocycles. The number of amidine groups is 1. The Balaban J connectivity index is 1.64. The van der Waals surface area contributed by atoms with E-state index in [2.05, 4.69) is 35.5 Å². The number of aromatic nitrogens is 3. The molecule has 0 bridgehead atoms. The van der Waals surface area contributed by atoms with Crippen LogP contribution in [0.3, 0.4) is 0 Å². The zero-order valence-corrected chi connectivity index (χ0v) is 16.7. The van der Waals surface area contributed by atoms with Crippen molar-refractivity contribution >= 4 is 23.4 Å². The number of benzene rings is 1. The van der Waals surface area contributed by atoms with Gasteiger partial charge in [-0.1, -0.05) is 0 Å². The Labute approximate surface area is 172 Å². The van der Waals surface area contributed by atoms with Crippen LogP contribution < -0.4 is 21.9 Å². The standard InChI is InChI=1S/C20H21N9O/c1-11-16(12(2)29-10-9-23-19(30)17(11)29)15-7-8-24-20(26-15)25-14-5-3-13(4-6-14)18(21)27-28-22/h3-8H,9-10H2,1-2H3,(H,23,30)(H3,21,22,27)(H,24,25,26)/p+1. The van der Waals surface area contributed by atoms with Gasteiger partial charge in [-0.15, -0.1) is 0 Å². The molecule has 30 heavy (non-hydrogen) atoms. The van der Waals surface area contributed by atoms with Crippen LogP contribution in [0.15, 0.2) is 46.9 Å². The van der Waals surface area contributed by atoms with Crippen LogP contribution >= 0.6 is 0 Å². The third-order valence-corrected chi connectivity index (χ3v) is 5.12. The van der Waals surface area contributed by atoms with Crippen molar-refractivity contribution in [2.24, 2.45) is 16.1 Å². The average Bonchev–Trinajstić information content (AvgIpc) is 3.00. The van der Waals surface area contributed by atoms with E-state index in [1.165, 1.54) is 0 Å². The molecule has 3 aromatic rings. The molecule has 1 aliphatic heterocycles. The van der Waals surface area contributed by atoms with Gasteiger partial charge in [0.25, 0.3) is 11.7 Å². The first-order valence-electron chi connectivity index (χ1n) is 9.41. The van der Waals surface area contributed by atoms with Gasteiger partial charge in [-0.05, 0) is 49.7 Å². The number of fused-ring (bicyclic) bond motifs is 1. The Kier molecular flexibility index (Phi) is 4.97. The molecule has 0 saturated carbocycles. The molecule has 2 aromatic heterocycles. The Morgan fingerprint density at radius 3 is 2.73 bits per heavy atom. The van der Waals surface area contributed by atoms with E-state index in [9.17, 15) is 4.79 Å². The Bertz CT molecular complexity index is 1160. The number of nitrogens with one attached hydrogen (secondary N) is 2. The lowest BCUT2D eigenvalue weighted by molar-refractivity contribution is -0.221. The summed E-state index contributed by atoms with van der Waals surface area (Å²) in [7, 11) is 0. The summed E-state index contributed by atoms with van der Waals surface area (Å²) in [6.07, 6.45) is 1.70. The molecule has 0 spiro atoms. The number of amides is 1. The van der Waals surface area contributed by atoms with Gasteiger partial charge in [-0.3, -0.25) is 4.79 Å². The zero-order valence-electron chi connectivity index (χ0n) is 16.7. The average molecular weight is 404 g/mol. The molecular formula is C20H22N9O+. The predicted octanol–water partition coefficient (Wildman–Crippen LogP) is 0.881. The van der Waals surface area contributed by atoms with Crippen LogP contribution in [-0.2, 0) is 6.54 Å². The van der Waals surface area contributed by atoms with Gasteiger partial charge >= 0.3 is 0 Å². The maximum Gasteiger partial charge on any atom is 0.273 e. The number of carbonyl (C=O) groups excluding carboxylic acids is 1. The first-order chi connectivity index (χ1) is 14.5. The predicted molar refractivity (Wildman–Crippen MR) is 112 cm³/mol. The van der Waals surface area contributed by atoms with E-state index in [0.29, 0.717) is 23.8 Å². The van der Waals surface area contributed by atoms with E-state index in [-0.39, 0.29) is 11.7 Å². The quantitative estimate of drug-likeness (QED) is 0.216. The number of hydrogen-bond acceptors (Lipinski definition) is 5. The lowest BCUT2D eigenvalue weighted by atomic mass is 10.1. The number of rotatable bonds is 5. The second-order valence-corrected chi connectivity index (χ2v) is 6.91. The van der Waals surface area contributed by atoms with Crippen molar-refractivity contribution in [1.29, 1.82) is 0 Å². The minimum atomic E-state index is -0.0501. The van der Waals surface area contributed by atoms with Gasteiger partial charge in [0, 0.05) is 41.8 Å². The summed E-state index contributed by atoms with van der Waals surface area (Å²) < 4.78 is 2.05. The van der Waals surface area contributed by atoms with Gasteiger partial charge < -0.3 is 20.9 Å². The van der Waals surface area contributed by atoms with Crippen molar-refractivity contribution in [2.45, 2.75) is 20.4 Å². The first-order valence-corrected chi connectivity index (χ1v) is 9.41. The second kappa shape index (κ2) is 7.74. The van der Waals surface area contributed by atoms with Crippen molar-refractivity contribution in [3.8, 4) is 11.3 Å². The lowest BCUT2D eigenvalue weighted by Gasteiger charge is -2.17. The molecule has 0 radical (unpaired) electrons. The van der Waals surface area contributed by atoms with Gasteiger partial charge in [-0.2, -0.15) is 5.53 Å². The highest BCUT2D eigenvalue weighted by atomic mass is 16.2. The molecule has 0 fully saturated rings. The van der Waals surface area contributed by atoms with Crippen LogP contribution in [0.25, 0.3) is 11.3 Å². The van der Waals surface area contributed by atoms with Crippen molar-refractivity contribution in [3.05, 3.63) is 59.0 Å². The molecule has 10 nitrogen and oxygen atoms in total. The number of anilines is 2. The van der Waals surface area contributed by atoms with Gasteiger partial charge in [0.2, 0.25) is 5.95 Å². The fourth-order valence-corrected chi connectivity index (χ4v) is 3.74. The third kappa shape index (κ3) is 3.39. The molecule has 152 valence electrons. The minimum absolute atomic E-state index is 0.0501. The van der Waals surface area contributed by atoms with E-state index in [4.69, 9.17) is 11.3 Å². The third-order valence-electron chi connectivity index (χ3n) is 5.12. The maximum atomic E-state index is 12.3. The molecule has 6 N–H and O–H groups in total. The van der Waals surface area contributed by atoms with Crippen molar-refractivity contribution < 1.29 is 10.3 Å². The van der Waals surface area contributed by atoms with E-state index in [1.54, 1.807) is 18.3 Å². The normalized spacial score (nSPS) is 13.5. The highest BCUT2D eigenvalue weighted by molar-refractivity contribution is 5.98. The van der Waals surface area contributed by atoms with E-state index >= 15 is 0 Å². The second-order valence-electron chi connectivity index (χ2n) is 6.91. The largest absolute Gasteiger partial charge is 0.360 e. The Morgan fingerprint density at radius 2 is 2.03 bits per heavy atom. The molecule has 1 aliphatic rings. The number of nitrogens with zero attached hydrogens (tertiary/aromatic N) is 5. The van der Waals surface area contributed by atoms with E-state index < -0.39 is 0 Å². The molecule has 1 aromatic carbocycles. The van der Waals surface area contributed by atoms with Crippen molar-refractivity contribution in [1.82, 2.24) is 19.9 Å². The molecule has 3 heterocycles. The van der Waals surface area contributed by atoms with Crippen LogP contribution in [0.4, 0.5) is 11.6 Å². The summed E-state index contributed by atoms with van der Waals surface area (Å²) in [4.78, 5) is 21.3. The van der Waals surface area contributed by atoms with Crippen LogP contribution in [0, 0.1) is 13.8 Å². The van der Waals surface area contributed by atoms with E-state index in [1.807, 2.05) is 32.0 Å². The number of nitrogens with two attached hydrogens (primary N) is 2. The minimum Gasteiger partial charge on any atom is -0.360 e. The SMILES string of the molecule is Cc1c(-c2ccnc(Nc3ccc(/C(N)=N/N=[NH2+])cc3)n2)c(C)n2c1C(=O)NCC2. The Morgan fingerprint density at radius 1 is 1.27 bits per heavy atom. The van der Waals surface area contributed by atoms with Crippen LogP contribution in [-0.4, -0.2) is 32.8 Å². The van der Waals surface area contributed by atoms with Crippen LogP contribution in [0.2, 0.25) is 0 Å². The van der Waals surface area contributed by atoms with Crippen molar-refractivity contribution in [3.63, 3.8) is 0 Å². The Hall–Kier alpha value is -4.08. The van der Waals surface area contributed by atoms with Crippen LogP contribution in [0.1, 0.15) is 27.3 Å². The zero-order chi connectivity index (χ0) is 21.3. The number of carbonyl (C=O) groups is 1. The smallest absolute Gasteiger partial charge is 0.273 e. The van der Waals surface area contributed by atoms with Gasteiger partial charge in [0.15, 0.2) is 0 Å². The summed E-state index contributed by atoms with van der Waals surface area (Å²) in [6, 6.07) is 9.11.